The summed E-state index contributed by atoms with van der Waals surface area (Å²) in [6.07, 6.45) is 0. The van der Waals surface area contributed by atoms with Crippen LogP contribution in [0.3, 0.4) is 0 Å². The Hall–Kier alpha value is -3.04. The topological polar surface area (TPSA) is 123 Å². The lowest BCUT2D eigenvalue weighted by Crippen LogP contribution is -2.15. The van der Waals surface area contributed by atoms with Gasteiger partial charge < -0.3 is 4.74 Å². The van der Waals surface area contributed by atoms with Gasteiger partial charge in [-0.3, -0.25) is 20.2 Å². The molecule has 0 aliphatic heterocycles. The summed E-state index contributed by atoms with van der Waals surface area (Å²) in [4.78, 5) is 25.5. The van der Waals surface area contributed by atoms with E-state index in [9.17, 15) is 19.3 Å². The fourth-order valence-corrected chi connectivity index (χ4v) is 1.42. The number of amides is 1. The first kappa shape index (κ1) is 13.4. The number of hydrogen-bond donors (Lipinski definition) is 2. The van der Waals surface area contributed by atoms with Crippen LogP contribution in [-0.2, 0) is 0 Å². The molecular formula is C10H8FN5O4. The number of benzene rings is 1. The van der Waals surface area contributed by atoms with Crippen LogP contribution < -0.4 is 10.1 Å². The van der Waals surface area contributed by atoms with Crippen molar-refractivity contribution in [3.8, 4) is 6.01 Å². The minimum absolute atomic E-state index is 0.00564. The predicted molar refractivity (Wildman–Crippen MR) is 63.9 cm³/mol. The van der Waals surface area contributed by atoms with E-state index in [1.807, 2.05) is 0 Å². The molecule has 9 nitrogen and oxygen atoms in total. The second kappa shape index (κ2) is 5.30. The summed E-state index contributed by atoms with van der Waals surface area (Å²) in [6.45, 7) is 0. The largest absolute Gasteiger partial charge is 0.466 e. The highest BCUT2D eigenvalue weighted by Crippen LogP contribution is 2.20. The summed E-state index contributed by atoms with van der Waals surface area (Å²) in [7, 11) is 1.33. The van der Waals surface area contributed by atoms with Crippen LogP contribution in [-0.4, -0.2) is 33.1 Å². The third-order valence-corrected chi connectivity index (χ3v) is 2.28. The molecule has 0 saturated heterocycles. The summed E-state index contributed by atoms with van der Waals surface area (Å²) in [5.41, 5.74) is -0.944. The number of rotatable bonds is 4. The average molecular weight is 281 g/mol. The second-order valence-electron chi connectivity index (χ2n) is 3.54. The molecule has 1 aromatic carbocycles. The molecule has 0 bridgehead atoms. The van der Waals surface area contributed by atoms with Crippen molar-refractivity contribution >= 4 is 17.5 Å². The Labute approximate surface area is 110 Å². The van der Waals surface area contributed by atoms with Gasteiger partial charge in [0.1, 0.15) is 11.4 Å². The first-order valence-corrected chi connectivity index (χ1v) is 5.23. The number of carbonyl (C=O) groups excluding carboxylic acids is 1. The van der Waals surface area contributed by atoms with E-state index >= 15 is 0 Å². The van der Waals surface area contributed by atoms with Gasteiger partial charge in [-0.05, 0) is 12.1 Å². The number of carbonyl (C=O) groups is 1. The summed E-state index contributed by atoms with van der Waals surface area (Å²) < 4.78 is 17.7. The third kappa shape index (κ3) is 2.68. The monoisotopic (exact) mass is 281 g/mol. The maximum Gasteiger partial charge on any atom is 0.336 e. The van der Waals surface area contributed by atoms with Crippen molar-refractivity contribution in [2.75, 3.05) is 12.4 Å². The van der Waals surface area contributed by atoms with Gasteiger partial charge in [0.05, 0.1) is 18.1 Å². The van der Waals surface area contributed by atoms with Crippen LogP contribution in [0.2, 0.25) is 0 Å². The first-order chi connectivity index (χ1) is 9.51. The van der Waals surface area contributed by atoms with E-state index in [0.717, 1.165) is 12.1 Å². The number of H-pyrrole nitrogens is 1. The number of aromatic amines is 1. The molecule has 10 heteroatoms. The average Bonchev–Trinajstić information content (AvgIpc) is 2.86. The van der Waals surface area contributed by atoms with Crippen LogP contribution in [0.25, 0.3) is 0 Å². The Bertz CT molecular complexity index is 671. The number of nitro groups is 1. The minimum atomic E-state index is -0.848. The molecule has 104 valence electrons. The van der Waals surface area contributed by atoms with Gasteiger partial charge in [0.25, 0.3) is 11.6 Å². The third-order valence-electron chi connectivity index (χ3n) is 2.28. The molecule has 0 aliphatic carbocycles. The lowest BCUT2D eigenvalue weighted by Gasteiger charge is -2.02. The zero-order valence-corrected chi connectivity index (χ0v) is 10.1. The number of hydrogen-bond acceptors (Lipinski definition) is 6. The first-order valence-electron chi connectivity index (χ1n) is 5.23. The van der Waals surface area contributed by atoms with Crippen molar-refractivity contribution < 1.29 is 18.8 Å². The summed E-state index contributed by atoms with van der Waals surface area (Å²) in [5.74, 6) is -1.68. The number of nitro benzene ring substituents is 1. The molecule has 20 heavy (non-hydrogen) atoms. The molecule has 2 rings (SSSR count). The van der Waals surface area contributed by atoms with Crippen LogP contribution in [0, 0.1) is 15.9 Å². The van der Waals surface area contributed by atoms with E-state index in [4.69, 9.17) is 4.74 Å². The SMILES string of the molecule is COc1n[nH]c(NC(=O)c2ccc(F)cc2[N+](=O)[O-])n1. The smallest absolute Gasteiger partial charge is 0.336 e. The molecule has 1 heterocycles. The van der Waals surface area contributed by atoms with E-state index in [1.54, 1.807) is 0 Å². The van der Waals surface area contributed by atoms with Gasteiger partial charge in [-0.25, -0.2) is 9.49 Å². The molecular weight excluding hydrogens is 273 g/mol. The van der Waals surface area contributed by atoms with Gasteiger partial charge >= 0.3 is 6.01 Å². The highest BCUT2D eigenvalue weighted by Gasteiger charge is 2.22. The highest BCUT2D eigenvalue weighted by atomic mass is 19.1. The van der Waals surface area contributed by atoms with Crippen molar-refractivity contribution in [2.24, 2.45) is 0 Å². The van der Waals surface area contributed by atoms with Gasteiger partial charge in [0.15, 0.2) is 0 Å². The normalized spacial score (nSPS) is 10.1. The zero-order chi connectivity index (χ0) is 14.7. The maximum atomic E-state index is 13.0. The molecule has 0 spiro atoms. The predicted octanol–water partition coefficient (Wildman–Crippen LogP) is 1.11. The lowest BCUT2D eigenvalue weighted by atomic mass is 10.1. The molecule has 0 fully saturated rings. The number of nitrogens with one attached hydrogen (secondary N) is 2. The van der Waals surface area contributed by atoms with E-state index in [2.05, 4.69) is 20.5 Å². The molecule has 1 amide bonds. The number of aromatic nitrogens is 3. The number of ether oxygens (including phenoxy) is 1. The molecule has 0 saturated carbocycles. The zero-order valence-electron chi connectivity index (χ0n) is 10.1. The van der Waals surface area contributed by atoms with Gasteiger partial charge in [0.2, 0.25) is 5.95 Å². The fourth-order valence-electron chi connectivity index (χ4n) is 1.42. The molecule has 0 aliphatic rings. The number of halogens is 1. The van der Waals surface area contributed by atoms with E-state index in [1.165, 1.54) is 7.11 Å². The van der Waals surface area contributed by atoms with E-state index < -0.39 is 22.3 Å². The molecule has 0 radical (unpaired) electrons. The van der Waals surface area contributed by atoms with Gasteiger partial charge in [0, 0.05) is 0 Å². The Morgan fingerprint density at radius 1 is 1.55 bits per heavy atom. The minimum Gasteiger partial charge on any atom is -0.466 e. The van der Waals surface area contributed by atoms with Crippen LogP contribution >= 0.6 is 0 Å². The second-order valence-corrected chi connectivity index (χ2v) is 3.54. The maximum absolute atomic E-state index is 13.0. The molecule has 1 aromatic heterocycles. The number of anilines is 1. The molecule has 2 aromatic rings. The van der Waals surface area contributed by atoms with Gasteiger partial charge in [-0.15, -0.1) is 5.10 Å². The summed E-state index contributed by atoms with van der Waals surface area (Å²) in [6, 6.07) is 2.61. The standard InChI is InChI=1S/C10H8FN5O4/c1-20-10-13-9(14-15-10)12-8(17)6-3-2-5(11)4-7(6)16(18)19/h2-4H,1H3,(H2,12,13,14,15,17). The van der Waals surface area contributed by atoms with E-state index in [-0.39, 0.29) is 17.5 Å². The lowest BCUT2D eigenvalue weighted by molar-refractivity contribution is -0.385. The van der Waals surface area contributed by atoms with Gasteiger partial charge in [-0.2, -0.15) is 4.98 Å². The van der Waals surface area contributed by atoms with Crippen molar-refractivity contribution in [2.45, 2.75) is 0 Å². The van der Waals surface area contributed by atoms with Crippen LogP contribution in [0.5, 0.6) is 6.01 Å². The Morgan fingerprint density at radius 2 is 2.30 bits per heavy atom. The van der Waals surface area contributed by atoms with Crippen LogP contribution in [0.15, 0.2) is 18.2 Å². The van der Waals surface area contributed by atoms with Crippen molar-refractivity contribution in [3.63, 3.8) is 0 Å². The fraction of sp³-hybridized carbons (Fsp3) is 0.100. The Kier molecular flexibility index (Phi) is 3.55. The van der Waals surface area contributed by atoms with Gasteiger partial charge in [-0.1, -0.05) is 0 Å². The van der Waals surface area contributed by atoms with Crippen molar-refractivity contribution in [1.82, 2.24) is 15.2 Å². The number of nitrogens with zero attached hydrogens (tertiary/aromatic N) is 3. The quantitative estimate of drug-likeness (QED) is 0.639. The van der Waals surface area contributed by atoms with Crippen LogP contribution in [0.1, 0.15) is 10.4 Å². The van der Waals surface area contributed by atoms with Crippen LogP contribution in [0.4, 0.5) is 16.0 Å². The van der Waals surface area contributed by atoms with E-state index in [0.29, 0.717) is 6.07 Å². The highest BCUT2D eigenvalue weighted by molar-refractivity contribution is 6.06. The molecule has 0 atom stereocenters. The summed E-state index contributed by atoms with van der Waals surface area (Å²) >= 11 is 0. The summed E-state index contributed by atoms with van der Waals surface area (Å²) in [5, 5.41) is 19.0. The van der Waals surface area contributed by atoms with Crippen molar-refractivity contribution in [3.05, 3.63) is 39.7 Å². The molecule has 0 unspecified atom stereocenters. The molecule has 2 N–H and O–H groups in total. The number of methoxy groups -OCH3 is 1. The van der Waals surface area contributed by atoms with Crippen molar-refractivity contribution in [1.29, 1.82) is 0 Å². The Morgan fingerprint density at radius 3 is 2.90 bits per heavy atom. The Balaban J connectivity index is 2.27.